The number of methoxy groups -OCH3 is 2. The van der Waals surface area contributed by atoms with Gasteiger partial charge in [-0.2, -0.15) is 0 Å². The largest absolute Gasteiger partial charge is 0.497 e. The van der Waals surface area contributed by atoms with Crippen molar-refractivity contribution in [3.63, 3.8) is 0 Å². The molecular formula is C37H46N3O9P. The third-order valence-electron chi connectivity index (χ3n) is 8.96. The van der Waals surface area contributed by atoms with Crippen LogP contribution in [0.1, 0.15) is 68.0 Å². The first-order chi connectivity index (χ1) is 24.0. The molecule has 3 N–H and O–H groups in total. The number of aromatic nitrogens is 2. The fourth-order valence-corrected chi connectivity index (χ4v) is 7.41. The van der Waals surface area contributed by atoms with Crippen LogP contribution in [-0.4, -0.2) is 53.5 Å². The summed E-state index contributed by atoms with van der Waals surface area (Å²) >= 11 is 0. The predicted molar refractivity (Wildman–Crippen MR) is 190 cm³/mol. The van der Waals surface area contributed by atoms with Gasteiger partial charge in [-0.1, -0.05) is 74.9 Å². The Morgan fingerprint density at radius 2 is 1.54 bits per heavy atom. The molecular weight excluding hydrogens is 661 g/mol. The van der Waals surface area contributed by atoms with E-state index in [1.54, 1.807) is 21.1 Å². The number of nitrogens with one attached hydrogen (secondary N) is 2. The highest BCUT2D eigenvalue weighted by Crippen LogP contribution is 2.48. The molecule has 0 saturated carbocycles. The molecule has 1 saturated heterocycles. The minimum absolute atomic E-state index is 0.0410. The van der Waals surface area contributed by atoms with E-state index in [1.807, 2.05) is 92.7 Å². The molecule has 0 spiro atoms. The van der Waals surface area contributed by atoms with E-state index in [4.69, 9.17) is 23.5 Å². The van der Waals surface area contributed by atoms with Crippen molar-refractivity contribution in [1.82, 2.24) is 14.6 Å². The monoisotopic (exact) mass is 707 g/mol. The molecule has 1 aromatic heterocycles. The van der Waals surface area contributed by atoms with Crippen molar-refractivity contribution in [2.45, 2.75) is 76.6 Å². The highest BCUT2D eigenvalue weighted by atomic mass is 31.2. The number of rotatable bonds is 16. The molecule has 2 heterocycles. The van der Waals surface area contributed by atoms with Crippen LogP contribution in [0.5, 0.6) is 11.5 Å². The number of aromatic amines is 1. The van der Waals surface area contributed by atoms with E-state index in [0.717, 1.165) is 23.1 Å². The van der Waals surface area contributed by atoms with Crippen molar-refractivity contribution in [3.05, 3.63) is 128 Å². The van der Waals surface area contributed by atoms with E-state index >= 15 is 0 Å². The molecule has 1 aliphatic heterocycles. The van der Waals surface area contributed by atoms with Crippen LogP contribution < -0.4 is 25.8 Å². The minimum Gasteiger partial charge on any atom is -0.497 e. The summed E-state index contributed by atoms with van der Waals surface area (Å²) in [7, 11) is -1.10. The second-order valence-electron chi connectivity index (χ2n) is 12.3. The van der Waals surface area contributed by atoms with E-state index in [-0.39, 0.29) is 13.0 Å². The number of benzene rings is 3. The van der Waals surface area contributed by atoms with Gasteiger partial charge in [0.25, 0.3) is 5.56 Å². The Labute approximate surface area is 291 Å². The zero-order chi connectivity index (χ0) is 35.9. The molecule has 3 aromatic carbocycles. The molecule has 0 amide bonds. The van der Waals surface area contributed by atoms with Gasteiger partial charge < -0.3 is 23.8 Å². The van der Waals surface area contributed by atoms with Crippen molar-refractivity contribution in [1.29, 1.82) is 0 Å². The first-order valence-corrected chi connectivity index (χ1v) is 18.4. The maximum absolute atomic E-state index is 13.4. The maximum atomic E-state index is 13.4. The molecule has 5 rings (SSSR count). The van der Waals surface area contributed by atoms with Crippen molar-refractivity contribution in [2.24, 2.45) is 0 Å². The number of ether oxygens (including phenoxy) is 4. The third-order valence-corrected chi connectivity index (χ3v) is 10.1. The smallest absolute Gasteiger partial charge is 0.403 e. The predicted octanol–water partition coefficient (Wildman–Crippen LogP) is 5.81. The number of H-pyrrole nitrogens is 1. The Kier molecular flexibility index (Phi) is 12.2. The summed E-state index contributed by atoms with van der Waals surface area (Å²) in [5.41, 5.74) is 0.330. The SMILES string of the molecule is CCCCNP(=O)(O)O[C@H]1C[C@H](n2cc(C)c(=O)[nH]c2=O)O[C@@H]1C(CC)OC(c1ccccc1)(c1ccc(OC)cc1)c1ccc(OC)cc1. The summed E-state index contributed by atoms with van der Waals surface area (Å²) in [6.07, 6.45) is -0.199. The zero-order valence-electron chi connectivity index (χ0n) is 29.0. The van der Waals surface area contributed by atoms with Gasteiger partial charge in [0.05, 0.1) is 20.3 Å². The molecule has 4 aromatic rings. The van der Waals surface area contributed by atoms with Gasteiger partial charge in [-0.15, -0.1) is 0 Å². The average Bonchev–Trinajstić information content (AvgIpc) is 3.53. The molecule has 0 bridgehead atoms. The number of aryl methyl sites for hydroxylation is 1. The quantitative estimate of drug-likeness (QED) is 0.0740. The Hall–Kier alpha value is -4.03. The highest BCUT2D eigenvalue weighted by molar-refractivity contribution is 7.50. The van der Waals surface area contributed by atoms with Crippen LogP contribution in [0.2, 0.25) is 0 Å². The lowest BCUT2D eigenvalue weighted by Gasteiger charge is -2.41. The summed E-state index contributed by atoms with van der Waals surface area (Å²) < 4.78 is 45.5. The van der Waals surface area contributed by atoms with Crippen molar-refractivity contribution in [3.8, 4) is 11.5 Å². The lowest BCUT2D eigenvalue weighted by Crippen LogP contribution is -2.45. The molecule has 50 heavy (non-hydrogen) atoms. The van der Waals surface area contributed by atoms with Crippen molar-refractivity contribution < 1.29 is 32.9 Å². The average molecular weight is 708 g/mol. The van der Waals surface area contributed by atoms with Crippen LogP contribution in [0.3, 0.4) is 0 Å². The number of unbranched alkanes of at least 4 members (excludes halogenated alkanes) is 1. The Balaban J connectivity index is 1.64. The molecule has 13 heteroatoms. The van der Waals surface area contributed by atoms with Crippen molar-refractivity contribution >= 4 is 7.75 Å². The summed E-state index contributed by atoms with van der Waals surface area (Å²) in [6.45, 7) is 5.79. The van der Waals surface area contributed by atoms with E-state index in [0.29, 0.717) is 29.9 Å². The van der Waals surface area contributed by atoms with E-state index in [1.165, 1.54) is 10.8 Å². The topological polar surface area (TPSA) is 150 Å². The number of nitrogens with zero attached hydrogens (tertiary/aromatic N) is 1. The molecule has 1 aliphatic rings. The number of hydrogen-bond donors (Lipinski definition) is 3. The lowest BCUT2D eigenvalue weighted by atomic mass is 9.79. The Morgan fingerprint density at radius 1 is 0.960 bits per heavy atom. The fourth-order valence-electron chi connectivity index (χ4n) is 6.32. The molecule has 0 radical (unpaired) electrons. The van der Waals surface area contributed by atoms with E-state index in [9.17, 15) is 19.0 Å². The summed E-state index contributed by atoms with van der Waals surface area (Å²) in [5.74, 6) is 1.34. The number of hydrogen-bond acceptors (Lipinski definition) is 8. The van der Waals surface area contributed by atoms with Crippen LogP contribution in [0, 0.1) is 6.92 Å². The summed E-state index contributed by atoms with van der Waals surface area (Å²) in [5, 5.41) is 2.65. The Bertz CT molecular complexity index is 1820. The molecule has 12 nitrogen and oxygen atoms in total. The molecule has 0 aliphatic carbocycles. The van der Waals surface area contributed by atoms with Gasteiger partial charge in [0, 0.05) is 24.7 Å². The Morgan fingerprint density at radius 3 is 2.08 bits per heavy atom. The van der Waals surface area contributed by atoms with Gasteiger partial charge in [0.1, 0.15) is 35.5 Å². The van der Waals surface area contributed by atoms with Gasteiger partial charge in [-0.3, -0.25) is 18.9 Å². The standard InChI is InChI=1S/C37H46N3O9P/c1-6-8-22-38-50(43,44)49-32-23-33(40-24-25(3)35(41)39-36(40)42)47-34(32)31(7-2)48-37(26-12-10-9-11-13-26,27-14-18-29(45-4)19-15-27)28-16-20-30(46-5)21-17-28/h9-21,24,31-34H,6-8,22-23H2,1-5H3,(H2,38,43,44)(H,39,41,42)/t31?,32-,33+,34+/m0/s1. The fraction of sp³-hybridized carbons (Fsp3) is 0.405. The third kappa shape index (κ3) is 8.12. The molecule has 1 fully saturated rings. The second-order valence-corrected chi connectivity index (χ2v) is 13.8. The normalized spacial score (nSPS) is 19.5. The lowest BCUT2D eigenvalue weighted by molar-refractivity contribution is -0.143. The minimum atomic E-state index is -4.31. The van der Waals surface area contributed by atoms with E-state index < -0.39 is 49.1 Å². The first-order valence-electron chi connectivity index (χ1n) is 16.8. The summed E-state index contributed by atoms with van der Waals surface area (Å²) in [6, 6.07) is 25.0. The van der Waals surface area contributed by atoms with Crippen LogP contribution in [0.4, 0.5) is 0 Å². The zero-order valence-corrected chi connectivity index (χ0v) is 29.9. The second kappa shape index (κ2) is 16.3. The summed E-state index contributed by atoms with van der Waals surface area (Å²) in [4.78, 5) is 38.4. The molecule has 5 atom stereocenters. The van der Waals surface area contributed by atoms with Gasteiger partial charge in [0.15, 0.2) is 0 Å². The first kappa shape index (κ1) is 37.2. The van der Waals surface area contributed by atoms with E-state index in [2.05, 4.69) is 10.1 Å². The van der Waals surface area contributed by atoms with Gasteiger partial charge >= 0.3 is 13.4 Å². The van der Waals surface area contributed by atoms with Gasteiger partial charge in [0.2, 0.25) is 0 Å². The van der Waals surface area contributed by atoms with Crippen LogP contribution in [-0.2, 0) is 24.2 Å². The van der Waals surface area contributed by atoms with Gasteiger partial charge in [-0.05, 0) is 60.7 Å². The van der Waals surface area contributed by atoms with Crippen LogP contribution in [0.15, 0.2) is 94.6 Å². The maximum Gasteiger partial charge on any atom is 0.403 e. The van der Waals surface area contributed by atoms with Crippen molar-refractivity contribution in [2.75, 3.05) is 20.8 Å². The molecule has 2 unspecified atom stereocenters. The highest BCUT2D eigenvalue weighted by Gasteiger charge is 2.49. The van der Waals surface area contributed by atoms with Crippen LogP contribution >= 0.6 is 7.75 Å². The van der Waals surface area contributed by atoms with Crippen LogP contribution in [0.25, 0.3) is 0 Å². The molecule has 268 valence electrons. The van der Waals surface area contributed by atoms with Gasteiger partial charge in [-0.25, -0.2) is 14.4 Å².